The Kier molecular flexibility index (Phi) is 5.39. The van der Waals surface area contributed by atoms with Crippen molar-refractivity contribution in [2.24, 2.45) is 0 Å². The molecular formula is C7H14F3N2S+. The number of alkyl halides is 3. The summed E-state index contributed by atoms with van der Waals surface area (Å²) in [6, 6.07) is 0. The van der Waals surface area contributed by atoms with E-state index in [1.165, 1.54) is 0 Å². The van der Waals surface area contributed by atoms with Gasteiger partial charge in [-0.05, 0) is 7.05 Å². The molecule has 0 spiro atoms. The molecule has 0 radical (unpaired) electrons. The summed E-state index contributed by atoms with van der Waals surface area (Å²) in [7, 11) is 5.17. The summed E-state index contributed by atoms with van der Waals surface area (Å²) >= 11 is 0.816. The van der Waals surface area contributed by atoms with Gasteiger partial charge in [0.25, 0.3) is 0 Å². The Hall–Kier alpha value is -0.230. The lowest BCUT2D eigenvalue weighted by Gasteiger charge is -2.06. The maximum atomic E-state index is 11.8. The summed E-state index contributed by atoms with van der Waals surface area (Å²) < 4.78 is 37.2. The van der Waals surface area contributed by atoms with Crippen molar-refractivity contribution in [3.8, 4) is 0 Å². The summed E-state index contributed by atoms with van der Waals surface area (Å²) in [5.74, 6) is -0.831. The topological polar surface area (TPSA) is 15.0 Å². The predicted octanol–water partition coefficient (Wildman–Crippen LogP) is 1.17. The van der Waals surface area contributed by atoms with E-state index in [0.29, 0.717) is 11.6 Å². The Morgan fingerprint density at radius 3 is 2.23 bits per heavy atom. The third-order valence-corrected chi connectivity index (χ3v) is 2.54. The second-order valence-electron chi connectivity index (χ2n) is 2.72. The van der Waals surface area contributed by atoms with Crippen molar-refractivity contribution in [2.45, 2.75) is 6.18 Å². The molecule has 6 heteroatoms. The van der Waals surface area contributed by atoms with E-state index in [0.717, 1.165) is 11.8 Å². The molecule has 0 aromatic carbocycles. The highest BCUT2D eigenvalue weighted by molar-refractivity contribution is 8.13. The van der Waals surface area contributed by atoms with Gasteiger partial charge in [-0.25, -0.2) is 4.58 Å². The molecule has 0 aliphatic carbocycles. The maximum Gasteiger partial charge on any atom is 0.398 e. The van der Waals surface area contributed by atoms with Gasteiger partial charge in [0.15, 0.2) is 0 Å². The smallest absolute Gasteiger partial charge is 0.310 e. The Morgan fingerprint density at radius 1 is 1.38 bits per heavy atom. The van der Waals surface area contributed by atoms with Crippen molar-refractivity contribution in [3.05, 3.63) is 0 Å². The lowest BCUT2D eigenvalue weighted by Crippen LogP contribution is -2.25. The zero-order valence-electron chi connectivity index (χ0n) is 7.90. The van der Waals surface area contributed by atoms with Crippen LogP contribution in [0, 0.1) is 0 Å². The molecule has 1 N–H and O–H groups in total. The third-order valence-electron chi connectivity index (χ3n) is 1.23. The van der Waals surface area contributed by atoms with E-state index in [1.807, 2.05) is 0 Å². The van der Waals surface area contributed by atoms with Crippen molar-refractivity contribution in [3.63, 3.8) is 0 Å². The van der Waals surface area contributed by atoms with Gasteiger partial charge >= 0.3 is 6.18 Å². The van der Waals surface area contributed by atoms with Crippen LogP contribution in [0.25, 0.3) is 0 Å². The van der Waals surface area contributed by atoms with E-state index < -0.39 is 11.9 Å². The fourth-order valence-electron chi connectivity index (χ4n) is 0.655. The van der Waals surface area contributed by atoms with Gasteiger partial charge in [-0.1, -0.05) is 11.8 Å². The van der Waals surface area contributed by atoms with Crippen molar-refractivity contribution in [1.29, 1.82) is 0 Å². The number of halogens is 3. The number of thioether (sulfide) groups is 1. The Labute approximate surface area is 80.2 Å². The molecule has 0 amide bonds. The molecule has 0 unspecified atom stereocenters. The molecule has 0 aliphatic heterocycles. The number of nitrogens with zero attached hydrogens (tertiary/aromatic N) is 1. The van der Waals surface area contributed by atoms with Gasteiger partial charge in [-0.2, -0.15) is 13.2 Å². The molecule has 0 fully saturated rings. The summed E-state index contributed by atoms with van der Waals surface area (Å²) in [5.41, 5.74) is 0. The molecule has 0 aromatic rings. The van der Waals surface area contributed by atoms with E-state index in [4.69, 9.17) is 0 Å². The Balaban J connectivity index is 4.07. The number of nitrogens with one attached hydrogen (secondary N) is 1. The van der Waals surface area contributed by atoms with Crippen LogP contribution < -0.4 is 5.32 Å². The highest BCUT2D eigenvalue weighted by Gasteiger charge is 2.29. The zero-order chi connectivity index (χ0) is 10.5. The first-order chi connectivity index (χ1) is 5.87. The van der Waals surface area contributed by atoms with E-state index in [2.05, 4.69) is 5.32 Å². The molecule has 0 atom stereocenters. The monoisotopic (exact) mass is 215 g/mol. The van der Waals surface area contributed by atoms with Crippen LogP contribution in [0.3, 0.4) is 0 Å². The molecule has 0 aromatic heterocycles. The second kappa shape index (κ2) is 5.49. The lowest BCUT2D eigenvalue weighted by molar-refractivity contribution is -0.462. The average molecular weight is 215 g/mol. The lowest BCUT2D eigenvalue weighted by atomic mass is 10.7. The fourth-order valence-corrected chi connectivity index (χ4v) is 1.49. The van der Waals surface area contributed by atoms with Gasteiger partial charge in [0.1, 0.15) is 14.1 Å². The normalized spacial score (nSPS) is 11.5. The molecule has 2 nitrogen and oxygen atoms in total. The highest BCUT2D eigenvalue weighted by atomic mass is 32.2. The Morgan fingerprint density at radius 2 is 1.92 bits per heavy atom. The fraction of sp³-hybridized carbons (Fsp3) is 0.857. The van der Waals surface area contributed by atoms with Gasteiger partial charge in [-0.3, -0.25) is 0 Å². The molecule has 0 saturated heterocycles. The quantitative estimate of drug-likeness (QED) is 0.432. The third kappa shape index (κ3) is 6.89. The predicted molar refractivity (Wildman–Crippen MR) is 49.6 cm³/mol. The van der Waals surface area contributed by atoms with Crippen LogP contribution in [0.5, 0.6) is 0 Å². The van der Waals surface area contributed by atoms with E-state index in [-0.39, 0.29) is 0 Å². The minimum atomic E-state index is -4.10. The van der Waals surface area contributed by atoms with Gasteiger partial charge in [0.05, 0.1) is 12.3 Å². The van der Waals surface area contributed by atoms with Crippen molar-refractivity contribution >= 4 is 16.8 Å². The molecule has 0 aliphatic rings. The van der Waals surface area contributed by atoms with E-state index in [1.54, 1.807) is 25.7 Å². The molecular weight excluding hydrogens is 201 g/mol. The van der Waals surface area contributed by atoms with Crippen LogP contribution in [-0.4, -0.2) is 49.2 Å². The van der Waals surface area contributed by atoms with Crippen LogP contribution >= 0.6 is 11.8 Å². The summed E-state index contributed by atoms with van der Waals surface area (Å²) in [6.45, 7) is 0.466. The summed E-state index contributed by atoms with van der Waals surface area (Å²) in [6.07, 6.45) is -4.10. The average Bonchev–Trinajstić information content (AvgIpc) is 1.95. The first-order valence-electron chi connectivity index (χ1n) is 3.74. The van der Waals surface area contributed by atoms with Crippen LogP contribution in [0.2, 0.25) is 0 Å². The van der Waals surface area contributed by atoms with Crippen LogP contribution in [0.1, 0.15) is 0 Å². The summed E-state index contributed by atoms with van der Waals surface area (Å²) in [5, 5.41) is 3.50. The number of hydrogen-bond acceptors (Lipinski definition) is 2. The Bertz CT molecular complexity index is 185. The molecule has 0 bridgehead atoms. The van der Waals surface area contributed by atoms with Crippen molar-refractivity contribution < 1.29 is 17.7 Å². The van der Waals surface area contributed by atoms with E-state index >= 15 is 0 Å². The van der Waals surface area contributed by atoms with Gasteiger partial charge < -0.3 is 5.32 Å². The molecule has 78 valence electrons. The summed E-state index contributed by atoms with van der Waals surface area (Å²) in [4.78, 5) is 0. The SMILES string of the molecule is CNCC(SCC(F)(F)F)=[N+](C)C. The number of rotatable bonds is 3. The minimum Gasteiger partial charge on any atom is -0.310 e. The van der Waals surface area contributed by atoms with Crippen LogP contribution in [0.4, 0.5) is 13.2 Å². The van der Waals surface area contributed by atoms with E-state index in [9.17, 15) is 13.2 Å². The van der Waals surface area contributed by atoms with Crippen LogP contribution in [0.15, 0.2) is 0 Å². The van der Waals surface area contributed by atoms with Gasteiger partial charge in [0.2, 0.25) is 5.04 Å². The molecule has 0 saturated carbocycles. The molecule has 0 rings (SSSR count). The minimum absolute atomic E-state index is 0.466. The van der Waals surface area contributed by atoms with Crippen molar-refractivity contribution in [1.82, 2.24) is 5.32 Å². The second-order valence-corrected chi connectivity index (χ2v) is 3.77. The highest BCUT2D eigenvalue weighted by Crippen LogP contribution is 2.21. The molecule has 13 heavy (non-hydrogen) atoms. The first kappa shape index (κ1) is 12.8. The number of hydrogen-bond donors (Lipinski definition) is 1. The van der Waals surface area contributed by atoms with Gasteiger partial charge in [-0.15, -0.1) is 0 Å². The van der Waals surface area contributed by atoms with Gasteiger partial charge in [0, 0.05) is 0 Å². The molecule has 0 heterocycles. The van der Waals surface area contributed by atoms with Crippen LogP contribution in [-0.2, 0) is 0 Å². The zero-order valence-corrected chi connectivity index (χ0v) is 8.72. The standard InChI is InChI=1S/C7H14F3N2S/c1-11-4-6(12(2)3)13-5-7(8,9)10/h11H,4-5H2,1-3H3/q+1. The largest absolute Gasteiger partial charge is 0.398 e. The maximum absolute atomic E-state index is 11.8. The first-order valence-corrected chi connectivity index (χ1v) is 4.72. The van der Waals surface area contributed by atoms with Crippen molar-refractivity contribution in [2.75, 3.05) is 33.4 Å².